The van der Waals surface area contributed by atoms with Crippen molar-refractivity contribution in [3.63, 3.8) is 0 Å². The van der Waals surface area contributed by atoms with Gasteiger partial charge in [-0.15, -0.1) is 0 Å². The van der Waals surface area contributed by atoms with Crippen molar-refractivity contribution in [2.45, 2.75) is 50.6 Å². The maximum atomic E-state index is 13.2. The Labute approximate surface area is 125 Å². The molecule has 1 aromatic carbocycles. The third-order valence-corrected chi connectivity index (χ3v) is 4.96. The summed E-state index contributed by atoms with van der Waals surface area (Å²) in [6, 6.07) is 6.81. The third-order valence-electron chi connectivity index (χ3n) is 4.96. The zero-order valence-corrected chi connectivity index (χ0v) is 12.2. The second-order valence-corrected chi connectivity index (χ2v) is 6.58. The third kappa shape index (κ3) is 3.43. The molecule has 2 bridgehead atoms. The minimum absolute atomic E-state index is 0.00188. The van der Waals surface area contributed by atoms with Gasteiger partial charge >= 0.3 is 0 Å². The number of halogens is 1. The van der Waals surface area contributed by atoms with Crippen molar-refractivity contribution in [1.82, 2.24) is 5.32 Å². The number of nitrogens with two attached hydrogens (primary N) is 1. The van der Waals surface area contributed by atoms with Gasteiger partial charge in [0.15, 0.2) is 0 Å². The minimum atomic E-state index is -0.291. The van der Waals surface area contributed by atoms with Gasteiger partial charge in [-0.25, -0.2) is 4.39 Å². The van der Waals surface area contributed by atoms with Crippen LogP contribution in [0.25, 0.3) is 0 Å². The van der Waals surface area contributed by atoms with E-state index in [0.717, 1.165) is 31.2 Å². The molecule has 114 valence electrons. The molecule has 3 nitrogen and oxygen atoms in total. The number of carbonyl (C=O) groups is 1. The summed E-state index contributed by atoms with van der Waals surface area (Å²) < 4.78 is 13.2. The van der Waals surface area contributed by atoms with Crippen molar-refractivity contribution in [3.8, 4) is 0 Å². The molecule has 0 aromatic heterocycles. The molecule has 0 spiro atoms. The van der Waals surface area contributed by atoms with Gasteiger partial charge in [-0.05, 0) is 55.2 Å². The first kappa shape index (κ1) is 14.5. The quantitative estimate of drug-likeness (QED) is 0.898. The van der Waals surface area contributed by atoms with Crippen LogP contribution in [0.1, 0.15) is 37.7 Å². The van der Waals surface area contributed by atoms with E-state index in [2.05, 4.69) is 5.32 Å². The van der Waals surface area contributed by atoms with Crippen molar-refractivity contribution >= 4 is 5.91 Å². The minimum Gasteiger partial charge on any atom is -0.353 e. The van der Waals surface area contributed by atoms with E-state index in [1.54, 1.807) is 12.1 Å². The highest BCUT2D eigenvalue weighted by atomic mass is 19.1. The van der Waals surface area contributed by atoms with Gasteiger partial charge in [0.05, 0.1) is 6.42 Å². The number of hydrogen-bond acceptors (Lipinski definition) is 2. The highest BCUT2D eigenvalue weighted by Crippen LogP contribution is 2.39. The van der Waals surface area contributed by atoms with E-state index in [-0.39, 0.29) is 30.2 Å². The fraction of sp³-hybridized carbons (Fsp3) is 0.588. The Morgan fingerprint density at radius 2 is 2.00 bits per heavy atom. The van der Waals surface area contributed by atoms with Gasteiger partial charge in [0.1, 0.15) is 5.82 Å². The normalized spacial score (nSPS) is 31.7. The van der Waals surface area contributed by atoms with Crippen LogP contribution >= 0.6 is 0 Å². The molecule has 2 unspecified atom stereocenters. The zero-order chi connectivity index (χ0) is 14.8. The summed E-state index contributed by atoms with van der Waals surface area (Å²) in [5, 5.41) is 3.19. The van der Waals surface area contributed by atoms with Crippen molar-refractivity contribution in [1.29, 1.82) is 0 Å². The highest BCUT2D eigenvalue weighted by molar-refractivity contribution is 5.79. The van der Waals surface area contributed by atoms with Crippen molar-refractivity contribution in [3.05, 3.63) is 35.6 Å². The summed E-state index contributed by atoms with van der Waals surface area (Å²) >= 11 is 0. The van der Waals surface area contributed by atoms with Gasteiger partial charge in [0.2, 0.25) is 5.91 Å². The summed E-state index contributed by atoms with van der Waals surface area (Å²) in [6.07, 6.45) is 5.85. The Morgan fingerprint density at radius 1 is 1.29 bits per heavy atom. The van der Waals surface area contributed by atoms with Crippen LogP contribution < -0.4 is 11.1 Å². The van der Waals surface area contributed by atoms with Gasteiger partial charge in [0, 0.05) is 12.1 Å². The predicted molar refractivity (Wildman–Crippen MR) is 80.1 cm³/mol. The monoisotopic (exact) mass is 290 g/mol. The van der Waals surface area contributed by atoms with E-state index in [0.29, 0.717) is 11.8 Å². The second kappa shape index (κ2) is 6.14. The van der Waals surface area contributed by atoms with E-state index < -0.39 is 0 Å². The number of carbonyl (C=O) groups excluding carboxylic acids is 1. The molecular weight excluding hydrogens is 267 g/mol. The van der Waals surface area contributed by atoms with E-state index in [1.807, 2.05) is 0 Å². The summed E-state index contributed by atoms with van der Waals surface area (Å²) in [5.41, 5.74) is 6.83. The van der Waals surface area contributed by atoms with Gasteiger partial charge in [-0.2, -0.15) is 0 Å². The van der Waals surface area contributed by atoms with Crippen molar-refractivity contribution in [2.24, 2.45) is 17.6 Å². The highest BCUT2D eigenvalue weighted by Gasteiger charge is 2.39. The maximum Gasteiger partial charge on any atom is 0.224 e. The Morgan fingerprint density at radius 3 is 2.67 bits per heavy atom. The van der Waals surface area contributed by atoms with E-state index >= 15 is 0 Å². The predicted octanol–water partition coefficient (Wildman–Crippen LogP) is 2.39. The molecule has 2 saturated carbocycles. The fourth-order valence-electron chi connectivity index (χ4n) is 4.09. The van der Waals surface area contributed by atoms with E-state index in [9.17, 15) is 9.18 Å². The van der Waals surface area contributed by atoms with Crippen LogP contribution in [0.3, 0.4) is 0 Å². The van der Waals surface area contributed by atoms with Gasteiger partial charge in [-0.1, -0.05) is 18.6 Å². The molecule has 2 aliphatic carbocycles. The number of nitrogens with one attached hydrogen (secondary N) is 1. The molecule has 0 radical (unpaired) electrons. The molecule has 0 aliphatic heterocycles. The van der Waals surface area contributed by atoms with Crippen LogP contribution in [0.4, 0.5) is 4.39 Å². The Bertz CT molecular complexity index is 505. The molecule has 4 heteroatoms. The molecule has 2 fully saturated rings. The largest absolute Gasteiger partial charge is 0.353 e. The number of amides is 1. The topological polar surface area (TPSA) is 55.1 Å². The maximum absolute atomic E-state index is 13.2. The lowest BCUT2D eigenvalue weighted by atomic mass is 9.67. The van der Waals surface area contributed by atoms with Gasteiger partial charge in [0.25, 0.3) is 0 Å². The Kier molecular flexibility index (Phi) is 4.24. The van der Waals surface area contributed by atoms with Crippen molar-refractivity contribution < 1.29 is 9.18 Å². The van der Waals surface area contributed by atoms with Crippen LogP contribution in [-0.2, 0) is 11.2 Å². The van der Waals surface area contributed by atoms with E-state index in [4.69, 9.17) is 5.73 Å². The lowest BCUT2D eigenvalue weighted by Gasteiger charge is -2.45. The molecule has 1 aromatic rings. The number of benzene rings is 1. The van der Waals surface area contributed by atoms with Crippen LogP contribution in [0.5, 0.6) is 0 Å². The van der Waals surface area contributed by atoms with Crippen molar-refractivity contribution in [2.75, 3.05) is 0 Å². The Hall–Kier alpha value is -1.42. The molecule has 0 saturated heterocycles. The number of fused-ring (bicyclic) bond motifs is 2. The van der Waals surface area contributed by atoms with Crippen LogP contribution in [0, 0.1) is 17.7 Å². The first-order valence-electron chi connectivity index (χ1n) is 7.91. The summed E-state index contributed by atoms with van der Waals surface area (Å²) in [6.45, 7) is 0. The molecule has 1 amide bonds. The molecule has 3 N–H and O–H groups in total. The lowest BCUT2D eigenvalue weighted by Crippen LogP contribution is -2.54. The summed E-state index contributed by atoms with van der Waals surface area (Å²) in [7, 11) is 0. The first-order chi connectivity index (χ1) is 10.1. The molecule has 0 heterocycles. The standard InChI is InChI=1S/C17H23FN2O/c18-14-6-1-3-11(7-14)8-16(21)20-17-12-4-2-5-13(17)10-15(19)9-12/h1,3,6-7,12-13,15,17H,2,4-5,8-10,19H2,(H,20,21). The zero-order valence-electron chi connectivity index (χ0n) is 12.2. The SMILES string of the molecule is NC1CC2CCCC(C1)C2NC(=O)Cc1cccc(F)c1. The lowest BCUT2D eigenvalue weighted by molar-refractivity contribution is -0.122. The van der Waals surface area contributed by atoms with E-state index in [1.165, 1.54) is 18.6 Å². The van der Waals surface area contributed by atoms with Crippen LogP contribution in [-0.4, -0.2) is 18.0 Å². The van der Waals surface area contributed by atoms with Gasteiger partial charge in [-0.3, -0.25) is 4.79 Å². The summed E-state index contributed by atoms with van der Waals surface area (Å²) in [4.78, 5) is 12.2. The molecule has 3 rings (SSSR count). The fourth-order valence-corrected chi connectivity index (χ4v) is 4.09. The van der Waals surface area contributed by atoms with Crippen LogP contribution in [0.15, 0.2) is 24.3 Å². The van der Waals surface area contributed by atoms with Gasteiger partial charge < -0.3 is 11.1 Å². The molecule has 2 aliphatic rings. The number of rotatable bonds is 3. The summed E-state index contributed by atoms with van der Waals surface area (Å²) in [5.74, 6) is 0.742. The molecule has 21 heavy (non-hydrogen) atoms. The smallest absolute Gasteiger partial charge is 0.224 e. The molecule has 2 atom stereocenters. The first-order valence-corrected chi connectivity index (χ1v) is 7.91. The average molecular weight is 290 g/mol. The Balaban J connectivity index is 1.62. The number of hydrogen-bond donors (Lipinski definition) is 2. The van der Waals surface area contributed by atoms with Crippen LogP contribution in [0.2, 0.25) is 0 Å². The molecular formula is C17H23FN2O. The second-order valence-electron chi connectivity index (χ2n) is 6.58. The average Bonchev–Trinajstić information content (AvgIpc) is 2.39.